The fourth-order valence-corrected chi connectivity index (χ4v) is 4.05. The molecule has 1 atom stereocenters. The van der Waals surface area contributed by atoms with Crippen LogP contribution in [0, 0.1) is 6.92 Å². The second kappa shape index (κ2) is 8.26. The van der Waals surface area contributed by atoms with Gasteiger partial charge in [-0.25, -0.2) is 4.79 Å². The molecule has 1 aromatic heterocycles. The van der Waals surface area contributed by atoms with Gasteiger partial charge in [-0.1, -0.05) is 37.3 Å². The summed E-state index contributed by atoms with van der Waals surface area (Å²) in [7, 11) is 1.40. The predicted octanol–water partition coefficient (Wildman–Crippen LogP) is 4.45. The Morgan fingerprint density at radius 1 is 1.33 bits per heavy atom. The Morgan fingerprint density at radius 3 is 2.58 bits per heavy atom. The molecule has 0 aliphatic heterocycles. The molecule has 1 heterocycles. The van der Waals surface area contributed by atoms with Crippen LogP contribution < -0.4 is 10.6 Å². The molecule has 0 aliphatic rings. The van der Waals surface area contributed by atoms with Crippen LogP contribution >= 0.6 is 23.6 Å². The van der Waals surface area contributed by atoms with E-state index in [-0.39, 0.29) is 12.0 Å². The standard InChI is InChI=1S/C18H22N2O2S2/c1-5-14-12(3)24-16(15(14)17(21)22-4)20-18(23)19-11(2)13-9-7-6-8-10-13/h6-11H,5H2,1-4H3,(H2,19,20,23)/t11-/m1/s1. The minimum atomic E-state index is -0.336. The molecule has 0 aliphatic carbocycles. The SMILES string of the molecule is CCc1c(C)sc(NC(=S)N[C@H](C)c2ccccc2)c1C(=O)OC. The molecule has 0 saturated carbocycles. The van der Waals surface area contributed by atoms with Crippen LogP contribution in [-0.4, -0.2) is 18.2 Å². The molecule has 6 heteroatoms. The van der Waals surface area contributed by atoms with Crippen LogP contribution in [0.25, 0.3) is 0 Å². The molecule has 4 nitrogen and oxygen atoms in total. The van der Waals surface area contributed by atoms with Crippen molar-refractivity contribution >= 4 is 39.6 Å². The van der Waals surface area contributed by atoms with Gasteiger partial charge in [-0.05, 0) is 43.6 Å². The summed E-state index contributed by atoms with van der Waals surface area (Å²) in [5.41, 5.74) is 2.73. The highest BCUT2D eigenvalue weighted by molar-refractivity contribution is 7.80. The predicted molar refractivity (Wildman–Crippen MR) is 104 cm³/mol. The van der Waals surface area contributed by atoms with E-state index in [0.717, 1.165) is 27.4 Å². The lowest BCUT2D eigenvalue weighted by atomic mass is 10.1. The summed E-state index contributed by atoms with van der Waals surface area (Å²) in [6.07, 6.45) is 0.773. The Labute approximate surface area is 152 Å². The largest absolute Gasteiger partial charge is 0.465 e. The lowest BCUT2D eigenvalue weighted by molar-refractivity contribution is 0.0601. The van der Waals surface area contributed by atoms with Gasteiger partial charge in [0.2, 0.25) is 0 Å². The lowest BCUT2D eigenvalue weighted by Gasteiger charge is -2.17. The highest BCUT2D eigenvalue weighted by Gasteiger charge is 2.22. The first-order valence-electron chi connectivity index (χ1n) is 7.80. The minimum absolute atomic E-state index is 0.0690. The molecular weight excluding hydrogens is 340 g/mol. The average Bonchev–Trinajstić information content (AvgIpc) is 2.89. The normalized spacial score (nSPS) is 11.7. The first-order chi connectivity index (χ1) is 11.5. The van der Waals surface area contributed by atoms with Crippen molar-refractivity contribution in [1.82, 2.24) is 5.32 Å². The Kier molecular flexibility index (Phi) is 6.34. The zero-order valence-corrected chi connectivity index (χ0v) is 15.9. The van der Waals surface area contributed by atoms with Gasteiger partial charge in [0.1, 0.15) is 5.00 Å². The molecule has 0 fully saturated rings. The van der Waals surface area contributed by atoms with Gasteiger partial charge in [0, 0.05) is 4.88 Å². The van der Waals surface area contributed by atoms with Crippen molar-refractivity contribution in [3.8, 4) is 0 Å². The van der Waals surface area contributed by atoms with E-state index in [2.05, 4.69) is 10.6 Å². The highest BCUT2D eigenvalue weighted by Crippen LogP contribution is 2.34. The number of thiocarbonyl (C=S) groups is 1. The van der Waals surface area contributed by atoms with Gasteiger partial charge >= 0.3 is 5.97 Å². The molecule has 0 amide bonds. The van der Waals surface area contributed by atoms with E-state index in [4.69, 9.17) is 17.0 Å². The number of carbonyl (C=O) groups excluding carboxylic acids is 1. The van der Waals surface area contributed by atoms with Gasteiger partial charge in [-0.3, -0.25) is 0 Å². The van der Waals surface area contributed by atoms with E-state index in [1.807, 2.05) is 51.1 Å². The summed E-state index contributed by atoms with van der Waals surface area (Å²) >= 11 is 6.94. The Hall–Kier alpha value is -1.92. The van der Waals surface area contributed by atoms with Crippen LogP contribution in [-0.2, 0) is 11.2 Å². The van der Waals surface area contributed by atoms with E-state index in [1.165, 1.54) is 18.4 Å². The van der Waals surface area contributed by atoms with Gasteiger partial charge in [-0.2, -0.15) is 0 Å². The maximum atomic E-state index is 12.1. The summed E-state index contributed by atoms with van der Waals surface area (Å²) in [5.74, 6) is -0.336. The highest BCUT2D eigenvalue weighted by atomic mass is 32.1. The fraction of sp³-hybridized carbons (Fsp3) is 0.333. The second-order valence-corrected chi connectivity index (χ2v) is 7.05. The summed E-state index contributed by atoms with van der Waals surface area (Å²) in [4.78, 5) is 13.2. The zero-order valence-electron chi connectivity index (χ0n) is 14.3. The molecule has 128 valence electrons. The van der Waals surface area contributed by atoms with Crippen molar-refractivity contribution in [2.45, 2.75) is 33.2 Å². The van der Waals surface area contributed by atoms with Crippen LogP contribution in [0.3, 0.4) is 0 Å². The Bertz CT molecular complexity index is 726. The van der Waals surface area contributed by atoms with E-state index < -0.39 is 0 Å². The Balaban J connectivity index is 2.16. The molecular formula is C18H22N2O2S2. The van der Waals surface area contributed by atoms with Gasteiger partial charge in [-0.15, -0.1) is 11.3 Å². The molecule has 0 spiro atoms. The van der Waals surface area contributed by atoms with E-state index in [0.29, 0.717) is 10.7 Å². The smallest absolute Gasteiger partial charge is 0.341 e. The number of rotatable bonds is 5. The first kappa shape index (κ1) is 18.4. The summed E-state index contributed by atoms with van der Waals surface area (Å²) in [6, 6.07) is 10.1. The van der Waals surface area contributed by atoms with E-state index in [9.17, 15) is 4.79 Å². The maximum absolute atomic E-state index is 12.1. The van der Waals surface area contributed by atoms with Crippen molar-refractivity contribution in [2.75, 3.05) is 12.4 Å². The van der Waals surface area contributed by atoms with Crippen LogP contribution in [0.15, 0.2) is 30.3 Å². The lowest BCUT2D eigenvalue weighted by Crippen LogP contribution is -2.31. The van der Waals surface area contributed by atoms with Crippen molar-refractivity contribution in [3.63, 3.8) is 0 Å². The number of benzene rings is 1. The first-order valence-corrected chi connectivity index (χ1v) is 9.03. The third-order valence-electron chi connectivity index (χ3n) is 3.83. The molecule has 24 heavy (non-hydrogen) atoms. The van der Waals surface area contributed by atoms with E-state index in [1.54, 1.807) is 0 Å². The third-order valence-corrected chi connectivity index (χ3v) is 5.11. The van der Waals surface area contributed by atoms with Crippen molar-refractivity contribution in [2.24, 2.45) is 0 Å². The van der Waals surface area contributed by atoms with Gasteiger partial charge in [0.05, 0.1) is 18.7 Å². The number of anilines is 1. The van der Waals surface area contributed by atoms with Gasteiger partial charge < -0.3 is 15.4 Å². The van der Waals surface area contributed by atoms with Crippen LogP contribution in [0.5, 0.6) is 0 Å². The topological polar surface area (TPSA) is 50.4 Å². The number of hydrogen-bond acceptors (Lipinski definition) is 4. The molecule has 1 aromatic carbocycles. The van der Waals surface area contributed by atoms with Crippen LogP contribution in [0.4, 0.5) is 5.00 Å². The van der Waals surface area contributed by atoms with Crippen molar-refractivity contribution < 1.29 is 9.53 Å². The molecule has 2 rings (SSSR count). The average molecular weight is 363 g/mol. The molecule has 0 saturated heterocycles. The monoisotopic (exact) mass is 362 g/mol. The van der Waals surface area contributed by atoms with Gasteiger partial charge in [0.25, 0.3) is 0 Å². The summed E-state index contributed by atoms with van der Waals surface area (Å²) < 4.78 is 4.93. The quantitative estimate of drug-likeness (QED) is 0.608. The van der Waals surface area contributed by atoms with Crippen molar-refractivity contribution in [3.05, 3.63) is 51.9 Å². The van der Waals surface area contributed by atoms with Crippen LogP contribution in [0.2, 0.25) is 0 Å². The molecule has 0 bridgehead atoms. The van der Waals surface area contributed by atoms with Gasteiger partial charge in [0.15, 0.2) is 5.11 Å². The number of carbonyl (C=O) groups is 1. The number of nitrogens with one attached hydrogen (secondary N) is 2. The fourth-order valence-electron chi connectivity index (χ4n) is 2.57. The number of aryl methyl sites for hydroxylation is 1. The van der Waals surface area contributed by atoms with Crippen molar-refractivity contribution in [1.29, 1.82) is 0 Å². The summed E-state index contributed by atoms with van der Waals surface area (Å²) in [6.45, 7) is 6.07. The molecule has 0 unspecified atom stereocenters. The second-order valence-electron chi connectivity index (χ2n) is 5.42. The molecule has 0 radical (unpaired) electrons. The number of ether oxygens (including phenoxy) is 1. The summed E-state index contributed by atoms with van der Waals surface area (Å²) in [5, 5.41) is 7.63. The zero-order chi connectivity index (χ0) is 17.7. The number of methoxy groups -OCH3 is 1. The molecule has 2 aromatic rings. The molecule has 2 N–H and O–H groups in total. The van der Waals surface area contributed by atoms with E-state index >= 15 is 0 Å². The maximum Gasteiger partial charge on any atom is 0.341 e. The number of thiophene rings is 1. The number of esters is 1. The minimum Gasteiger partial charge on any atom is -0.465 e. The third kappa shape index (κ3) is 4.13. The number of hydrogen-bond donors (Lipinski definition) is 2. The van der Waals surface area contributed by atoms with Crippen LogP contribution in [0.1, 0.15) is 46.3 Å². The Morgan fingerprint density at radius 2 is 2.00 bits per heavy atom.